The van der Waals surface area contributed by atoms with Crippen LogP contribution in [0.2, 0.25) is 10.0 Å². The Hall–Kier alpha value is -2.26. The quantitative estimate of drug-likeness (QED) is 0.686. The number of benzene rings is 1. The second-order valence-electron chi connectivity index (χ2n) is 7.75. The van der Waals surface area contributed by atoms with Gasteiger partial charge in [0.2, 0.25) is 0 Å². The van der Waals surface area contributed by atoms with Crippen LogP contribution in [0, 0.1) is 12.3 Å². The van der Waals surface area contributed by atoms with Gasteiger partial charge in [-0.05, 0) is 51.5 Å². The van der Waals surface area contributed by atoms with Crippen LogP contribution in [0.4, 0.5) is 4.79 Å². The van der Waals surface area contributed by atoms with Crippen molar-refractivity contribution in [1.29, 1.82) is 0 Å². The first kappa shape index (κ1) is 22.4. The van der Waals surface area contributed by atoms with E-state index in [1.807, 2.05) is 32.2 Å². The van der Waals surface area contributed by atoms with Gasteiger partial charge in [-0.3, -0.25) is 4.98 Å². The lowest BCUT2D eigenvalue weighted by Crippen LogP contribution is -2.48. The van der Waals surface area contributed by atoms with Crippen molar-refractivity contribution >= 4 is 29.2 Å². The summed E-state index contributed by atoms with van der Waals surface area (Å²) in [4.78, 5) is 21.0. The third-order valence-corrected chi connectivity index (χ3v) is 6.59. The maximum atomic E-state index is 12.8. The van der Waals surface area contributed by atoms with Crippen LogP contribution in [0.25, 0.3) is 11.1 Å². The second kappa shape index (κ2) is 9.70. The average Bonchev–Trinajstić information content (AvgIpc) is 2.75. The van der Waals surface area contributed by atoms with Crippen LogP contribution in [-0.2, 0) is 0 Å². The highest BCUT2D eigenvalue weighted by molar-refractivity contribution is 6.44. The molecule has 3 rings (SSSR count). The number of nitrogens with zero attached hydrogens (tertiary/aromatic N) is 3. The molecule has 7 heteroatoms. The number of hydrogen-bond donors (Lipinski definition) is 1. The number of carbonyl (C=O) groups is 1. The van der Waals surface area contributed by atoms with Gasteiger partial charge in [0, 0.05) is 42.2 Å². The highest BCUT2D eigenvalue weighted by atomic mass is 35.5. The van der Waals surface area contributed by atoms with E-state index in [0.717, 1.165) is 42.6 Å². The Morgan fingerprint density at radius 3 is 2.67 bits per heavy atom. The Bertz CT molecular complexity index is 964. The predicted octanol–water partition coefficient (Wildman–Crippen LogP) is 4.83. The molecule has 0 spiro atoms. The lowest BCUT2D eigenvalue weighted by molar-refractivity contribution is 0.146. The van der Waals surface area contributed by atoms with Crippen molar-refractivity contribution in [3.63, 3.8) is 0 Å². The molecule has 5 nitrogen and oxygen atoms in total. The second-order valence-corrected chi connectivity index (χ2v) is 8.51. The van der Waals surface area contributed by atoms with Gasteiger partial charge in [-0.2, -0.15) is 0 Å². The molecular weight excluding hydrogens is 419 g/mol. The third-order valence-electron chi connectivity index (χ3n) is 5.69. The first-order valence-electron chi connectivity index (χ1n) is 9.93. The highest BCUT2D eigenvalue weighted by Gasteiger charge is 2.25. The molecule has 30 heavy (non-hydrogen) atoms. The number of terminal acetylenes is 1. The summed E-state index contributed by atoms with van der Waals surface area (Å²) in [5, 5.41) is 3.87. The third kappa shape index (κ3) is 4.89. The molecule has 1 N–H and O–H groups in total. The lowest BCUT2D eigenvalue weighted by atomic mass is 10.0. The number of urea groups is 1. The Morgan fingerprint density at radius 1 is 1.30 bits per heavy atom. The van der Waals surface area contributed by atoms with Crippen LogP contribution in [0.5, 0.6) is 0 Å². The van der Waals surface area contributed by atoms with Crippen LogP contribution in [-0.4, -0.2) is 54.0 Å². The van der Waals surface area contributed by atoms with Gasteiger partial charge >= 0.3 is 6.03 Å². The van der Waals surface area contributed by atoms with Gasteiger partial charge in [-0.25, -0.2) is 4.79 Å². The minimum atomic E-state index is -0.291. The summed E-state index contributed by atoms with van der Waals surface area (Å²) >= 11 is 13.1. The number of carbonyl (C=O) groups excluding carboxylic acids is 1. The van der Waals surface area contributed by atoms with Gasteiger partial charge in [-0.15, -0.1) is 6.42 Å². The summed E-state index contributed by atoms with van der Waals surface area (Å²) in [7, 11) is 3.95. The SMILES string of the molecule is C#Cc1cncc(-c2ccc(C(C)NC(=O)N(C)C3CCN(C)CC3)c(Cl)c2Cl)c1. The number of aromatic nitrogens is 1. The van der Waals surface area contributed by atoms with E-state index in [0.29, 0.717) is 15.6 Å². The molecule has 1 atom stereocenters. The van der Waals surface area contributed by atoms with Crippen molar-refractivity contribution in [2.24, 2.45) is 0 Å². The van der Waals surface area contributed by atoms with E-state index in [2.05, 4.69) is 28.2 Å². The molecule has 0 radical (unpaired) electrons. The number of pyridine rings is 1. The molecule has 158 valence electrons. The van der Waals surface area contributed by atoms with Crippen LogP contribution in [0.15, 0.2) is 30.6 Å². The van der Waals surface area contributed by atoms with Crippen LogP contribution in [0.3, 0.4) is 0 Å². The van der Waals surface area contributed by atoms with Gasteiger partial charge in [-0.1, -0.05) is 41.3 Å². The van der Waals surface area contributed by atoms with Crippen molar-refractivity contribution in [2.75, 3.05) is 27.2 Å². The molecule has 0 saturated carbocycles. The first-order chi connectivity index (χ1) is 14.3. The van der Waals surface area contributed by atoms with E-state index in [1.165, 1.54) is 0 Å². The normalized spacial score (nSPS) is 16.0. The zero-order valence-electron chi connectivity index (χ0n) is 17.5. The first-order valence-corrected chi connectivity index (χ1v) is 10.7. The fraction of sp³-hybridized carbons (Fsp3) is 0.391. The van der Waals surface area contributed by atoms with Gasteiger partial charge in [0.25, 0.3) is 0 Å². The Labute approximate surface area is 188 Å². The minimum absolute atomic E-state index is 0.112. The molecule has 0 bridgehead atoms. The molecule has 1 fully saturated rings. The summed E-state index contributed by atoms with van der Waals surface area (Å²) in [6.45, 7) is 3.89. The summed E-state index contributed by atoms with van der Waals surface area (Å²) in [5.74, 6) is 2.57. The number of likely N-dealkylation sites (tertiary alicyclic amines) is 1. The monoisotopic (exact) mass is 444 g/mol. The van der Waals surface area contributed by atoms with E-state index in [-0.39, 0.29) is 18.1 Å². The molecule has 2 heterocycles. The van der Waals surface area contributed by atoms with Gasteiger partial charge in [0.05, 0.1) is 16.1 Å². The number of piperidine rings is 1. The van der Waals surface area contributed by atoms with Gasteiger partial charge in [0.15, 0.2) is 0 Å². The summed E-state index contributed by atoms with van der Waals surface area (Å²) in [6, 6.07) is 5.44. The van der Waals surface area contributed by atoms with Crippen LogP contribution >= 0.6 is 23.2 Å². The standard InChI is InChI=1S/C23H26Cl2N4O/c1-5-16-12-17(14-26-13-16)20-7-6-19(21(24)22(20)25)15(2)27-23(30)29(4)18-8-10-28(3)11-9-18/h1,6-7,12-15,18H,8-11H2,2-4H3,(H,27,30). The number of rotatable bonds is 4. The maximum Gasteiger partial charge on any atom is 0.317 e. The van der Waals surface area contributed by atoms with Crippen LogP contribution < -0.4 is 5.32 Å². The van der Waals surface area contributed by atoms with Crippen molar-refractivity contribution in [3.8, 4) is 23.5 Å². The molecular formula is C23H26Cl2N4O. The summed E-state index contributed by atoms with van der Waals surface area (Å²) in [6.07, 6.45) is 10.7. The van der Waals surface area contributed by atoms with Crippen molar-refractivity contribution in [3.05, 3.63) is 51.8 Å². The van der Waals surface area contributed by atoms with E-state index in [4.69, 9.17) is 29.6 Å². The zero-order valence-corrected chi connectivity index (χ0v) is 19.0. The largest absolute Gasteiger partial charge is 0.331 e. The molecule has 1 aromatic heterocycles. The highest BCUT2D eigenvalue weighted by Crippen LogP contribution is 2.38. The van der Waals surface area contributed by atoms with Crippen molar-refractivity contribution in [1.82, 2.24) is 20.1 Å². The smallest absolute Gasteiger partial charge is 0.317 e. The van der Waals surface area contributed by atoms with E-state index < -0.39 is 0 Å². The predicted molar refractivity (Wildman–Crippen MR) is 123 cm³/mol. The maximum absolute atomic E-state index is 12.8. The molecule has 2 aromatic rings. The Kier molecular flexibility index (Phi) is 7.25. The summed E-state index contributed by atoms with van der Waals surface area (Å²) in [5.41, 5.74) is 2.97. The molecule has 1 aliphatic rings. The lowest BCUT2D eigenvalue weighted by Gasteiger charge is -2.35. The average molecular weight is 445 g/mol. The number of amides is 2. The Morgan fingerprint density at radius 2 is 2.00 bits per heavy atom. The summed E-state index contributed by atoms with van der Waals surface area (Å²) < 4.78 is 0. The van der Waals surface area contributed by atoms with E-state index in [9.17, 15) is 4.79 Å². The van der Waals surface area contributed by atoms with Crippen molar-refractivity contribution < 1.29 is 4.79 Å². The van der Waals surface area contributed by atoms with Gasteiger partial charge in [0.1, 0.15) is 0 Å². The molecule has 1 aliphatic heterocycles. The molecule has 2 amide bonds. The molecule has 0 aliphatic carbocycles. The van der Waals surface area contributed by atoms with Gasteiger partial charge < -0.3 is 15.1 Å². The number of halogens is 2. The topological polar surface area (TPSA) is 48.5 Å². The number of nitrogens with one attached hydrogen (secondary N) is 1. The molecule has 1 unspecified atom stereocenters. The van der Waals surface area contributed by atoms with Crippen molar-refractivity contribution in [2.45, 2.75) is 31.8 Å². The number of hydrogen-bond acceptors (Lipinski definition) is 3. The molecule has 1 aromatic carbocycles. The van der Waals surface area contributed by atoms with Crippen LogP contribution in [0.1, 0.15) is 36.9 Å². The zero-order chi connectivity index (χ0) is 21.8. The minimum Gasteiger partial charge on any atom is -0.331 e. The molecule has 1 saturated heterocycles. The Balaban J connectivity index is 1.74. The van der Waals surface area contributed by atoms with E-state index >= 15 is 0 Å². The van der Waals surface area contributed by atoms with E-state index in [1.54, 1.807) is 17.3 Å². The fourth-order valence-corrected chi connectivity index (χ4v) is 4.31. The fourth-order valence-electron chi connectivity index (χ4n) is 3.70.